The molecule has 0 fully saturated rings. The Labute approximate surface area is 116 Å². The van der Waals surface area contributed by atoms with Crippen LogP contribution in [0.2, 0.25) is 0 Å². The first-order chi connectivity index (χ1) is 9.50. The third-order valence-electron chi connectivity index (χ3n) is 3.01. The summed E-state index contributed by atoms with van der Waals surface area (Å²) in [6, 6.07) is 5.07. The second-order valence-electron chi connectivity index (χ2n) is 4.29. The molecule has 0 saturated heterocycles. The highest BCUT2D eigenvalue weighted by molar-refractivity contribution is 5.97. The minimum atomic E-state index is -1.11. The van der Waals surface area contributed by atoms with Crippen LogP contribution in [0.4, 0.5) is 0 Å². The number of guanidine groups is 1. The lowest BCUT2D eigenvalue weighted by atomic mass is 9.97. The van der Waals surface area contributed by atoms with Crippen LogP contribution in [-0.4, -0.2) is 26.0 Å². The fourth-order valence-electron chi connectivity index (χ4n) is 1.95. The molecular weight excluding hydrogens is 258 g/mol. The van der Waals surface area contributed by atoms with E-state index in [1.165, 1.54) is 7.11 Å². The van der Waals surface area contributed by atoms with Crippen molar-refractivity contribution in [3.8, 4) is 5.75 Å². The number of aliphatic imine (C=N–C) groups is 1. The van der Waals surface area contributed by atoms with Crippen molar-refractivity contribution in [1.29, 1.82) is 0 Å². The van der Waals surface area contributed by atoms with E-state index in [2.05, 4.69) is 15.6 Å². The number of nitrogens with two attached hydrogens (primary N) is 2. The van der Waals surface area contributed by atoms with Crippen LogP contribution in [0.5, 0.6) is 5.75 Å². The molecule has 1 aromatic rings. The van der Waals surface area contributed by atoms with Gasteiger partial charge in [-0.25, -0.2) is 4.99 Å². The smallest absolute Gasteiger partial charge is 0.254 e. The summed E-state index contributed by atoms with van der Waals surface area (Å²) in [5, 5.41) is 5.30. The molecule has 20 heavy (non-hydrogen) atoms. The fourth-order valence-corrected chi connectivity index (χ4v) is 1.95. The summed E-state index contributed by atoms with van der Waals surface area (Å²) in [5.41, 5.74) is 11.8. The van der Waals surface area contributed by atoms with Gasteiger partial charge in [-0.05, 0) is 23.8 Å². The quantitative estimate of drug-likeness (QED) is 0.599. The predicted molar refractivity (Wildman–Crippen MR) is 76.1 cm³/mol. The fraction of sp³-hybridized carbons (Fsp3) is 0.231. The topological polar surface area (TPSA) is 115 Å². The lowest BCUT2D eigenvalue weighted by molar-refractivity contribution is 0.0960. The highest BCUT2D eigenvalue weighted by Gasteiger charge is 2.27. The SMILES string of the molecule is CNC(=O)c1cc(C2(N)C=CNC(N)=N2)ccc1OC. The average molecular weight is 275 g/mol. The van der Waals surface area contributed by atoms with Crippen molar-refractivity contribution < 1.29 is 9.53 Å². The van der Waals surface area contributed by atoms with E-state index < -0.39 is 5.66 Å². The van der Waals surface area contributed by atoms with Crippen LogP contribution in [0.1, 0.15) is 15.9 Å². The van der Waals surface area contributed by atoms with Gasteiger partial charge in [0.2, 0.25) is 0 Å². The zero-order chi connectivity index (χ0) is 14.8. The van der Waals surface area contributed by atoms with Crippen molar-refractivity contribution in [1.82, 2.24) is 10.6 Å². The first kappa shape index (κ1) is 13.9. The Morgan fingerprint density at radius 3 is 2.85 bits per heavy atom. The number of rotatable bonds is 3. The molecular formula is C13H17N5O2. The standard InChI is InChI=1S/C13H17N5O2/c1-16-11(19)9-7-8(3-4-10(9)20-2)13(15)5-6-17-12(14)18-13/h3-7H,15H2,1-2H3,(H,16,19)(H3,14,17,18). The van der Waals surface area contributed by atoms with E-state index >= 15 is 0 Å². The van der Waals surface area contributed by atoms with Gasteiger partial charge in [0.25, 0.3) is 5.91 Å². The number of amides is 1. The zero-order valence-corrected chi connectivity index (χ0v) is 11.3. The largest absolute Gasteiger partial charge is 0.496 e. The highest BCUT2D eigenvalue weighted by atomic mass is 16.5. The van der Waals surface area contributed by atoms with Gasteiger partial charge in [0.1, 0.15) is 5.75 Å². The Bertz CT molecular complexity index is 596. The molecule has 1 aromatic carbocycles. The summed E-state index contributed by atoms with van der Waals surface area (Å²) in [6.45, 7) is 0. The predicted octanol–water partition coefficient (Wildman–Crippen LogP) is -0.402. The van der Waals surface area contributed by atoms with Crippen LogP contribution < -0.4 is 26.8 Å². The summed E-state index contributed by atoms with van der Waals surface area (Å²) in [6.07, 6.45) is 3.28. The van der Waals surface area contributed by atoms with Gasteiger partial charge in [0, 0.05) is 13.2 Å². The molecule has 6 N–H and O–H groups in total. The van der Waals surface area contributed by atoms with Crippen LogP contribution in [0.3, 0.4) is 0 Å². The van der Waals surface area contributed by atoms with E-state index in [4.69, 9.17) is 16.2 Å². The van der Waals surface area contributed by atoms with Crippen molar-refractivity contribution in [3.63, 3.8) is 0 Å². The molecule has 1 amide bonds. The molecule has 0 bridgehead atoms. The lowest BCUT2D eigenvalue weighted by Gasteiger charge is -2.26. The molecule has 1 heterocycles. The summed E-state index contributed by atoms with van der Waals surface area (Å²) in [5.74, 6) is 0.418. The van der Waals surface area contributed by atoms with Gasteiger partial charge in [0.15, 0.2) is 11.6 Å². The van der Waals surface area contributed by atoms with Crippen molar-refractivity contribution in [2.45, 2.75) is 5.66 Å². The minimum absolute atomic E-state index is 0.215. The zero-order valence-electron chi connectivity index (χ0n) is 11.3. The average Bonchev–Trinajstić information content (AvgIpc) is 2.45. The van der Waals surface area contributed by atoms with E-state index in [1.54, 1.807) is 37.5 Å². The van der Waals surface area contributed by atoms with Crippen molar-refractivity contribution >= 4 is 11.9 Å². The Kier molecular flexibility index (Phi) is 3.62. The van der Waals surface area contributed by atoms with E-state index in [-0.39, 0.29) is 11.9 Å². The molecule has 1 aliphatic rings. The number of hydrogen-bond acceptors (Lipinski definition) is 6. The third kappa shape index (κ3) is 2.43. The molecule has 0 radical (unpaired) electrons. The summed E-state index contributed by atoms with van der Waals surface area (Å²) in [4.78, 5) is 16.0. The maximum Gasteiger partial charge on any atom is 0.254 e. The number of hydrogen-bond donors (Lipinski definition) is 4. The van der Waals surface area contributed by atoms with Gasteiger partial charge < -0.3 is 21.1 Å². The monoisotopic (exact) mass is 275 g/mol. The van der Waals surface area contributed by atoms with Gasteiger partial charge in [-0.2, -0.15) is 0 Å². The second kappa shape index (κ2) is 5.22. The number of carbonyl (C=O) groups excluding carboxylic acids is 1. The molecule has 2 rings (SSSR count). The first-order valence-electron chi connectivity index (χ1n) is 5.99. The third-order valence-corrected chi connectivity index (χ3v) is 3.01. The molecule has 1 aliphatic heterocycles. The summed E-state index contributed by atoms with van der Waals surface area (Å²) >= 11 is 0. The molecule has 0 aromatic heterocycles. The number of ether oxygens (including phenoxy) is 1. The van der Waals surface area contributed by atoms with Crippen LogP contribution in [0, 0.1) is 0 Å². The van der Waals surface area contributed by atoms with Gasteiger partial charge in [0.05, 0.1) is 12.7 Å². The molecule has 0 saturated carbocycles. The van der Waals surface area contributed by atoms with Crippen LogP contribution in [0.25, 0.3) is 0 Å². The molecule has 0 spiro atoms. The van der Waals surface area contributed by atoms with Gasteiger partial charge in [-0.15, -0.1) is 0 Å². The molecule has 7 heteroatoms. The summed E-state index contributed by atoms with van der Waals surface area (Å²) < 4.78 is 5.17. The van der Waals surface area contributed by atoms with Crippen molar-refractivity contribution in [2.75, 3.05) is 14.2 Å². The number of carbonyl (C=O) groups is 1. The molecule has 0 aliphatic carbocycles. The normalized spacial score (nSPS) is 20.9. The van der Waals surface area contributed by atoms with E-state index in [1.807, 2.05) is 0 Å². The van der Waals surface area contributed by atoms with Gasteiger partial charge in [-0.3, -0.25) is 10.5 Å². The Morgan fingerprint density at radius 1 is 1.50 bits per heavy atom. The minimum Gasteiger partial charge on any atom is -0.496 e. The van der Waals surface area contributed by atoms with Gasteiger partial charge >= 0.3 is 0 Å². The number of nitrogens with zero attached hydrogens (tertiary/aromatic N) is 1. The van der Waals surface area contributed by atoms with Crippen LogP contribution in [-0.2, 0) is 5.66 Å². The molecule has 106 valence electrons. The maximum atomic E-state index is 11.9. The van der Waals surface area contributed by atoms with E-state index in [9.17, 15) is 4.79 Å². The second-order valence-corrected chi connectivity index (χ2v) is 4.29. The first-order valence-corrected chi connectivity index (χ1v) is 5.99. The number of nitrogens with one attached hydrogen (secondary N) is 2. The van der Waals surface area contributed by atoms with Crippen molar-refractivity contribution in [3.05, 3.63) is 41.6 Å². The lowest BCUT2D eigenvalue weighted by Crippen LogP contribution is -2.42. The maximum absolute atomic E-state index is 11.9. The highest BCUT2D eigenvalue weighted by Crippen LogP contribution is 2.28. The summed E-state index contributed by atoms with van der Waals surface area (Å²) in [7, 11) is 3.05. The van der Waals surface area contributed by atoms with Crippen LogP contribution >= 0.6 is 0 Å². The van der Waals surface area contributed by atoms with Crippen LogP contribution in [0.15, 0.2) is 35.5 Å². The van der Waals surface area contributed by atoms with E-state index in [0.717, 1.165) is 0 Å². The Morgan fingerprint density at radius 2 is 2.25 bits per heavy atom. The van der Waals surface area contributed by atoms with Gasteiger partial charge in [-0.1, -0.05) is 6.07 Å². The Balaban J connectivity index is 2.51. The molecule has 7 nitrogen and oxygen atoms in total. The van der Waals surface area contributed by atoms with E-state index in [0.29, 0.717) is 16.9 Å². The number of benzene rings is 1. The van der Waals surface area contributed by atoms with Crippen molar-refractivity contribution in [2.24, 2.45) is 16.5 Å². The molecule has 1 atom stereocenters. The number of methoxy groups -OCH3 is 1. The molecule has 1 unspecified atom stereocenters. The Hall–Kier alpha value is -2.54.